The second kappa shape index (κ2) is 5.25. The third kappa shape index (κ3) is 4.24. The van der Waals surface area contributed by atoms with E-state index in [1.165, 1.54) is 12.1 Å². The van der Waals surface area contributed by atoms with Gasteiger partial charge in [-0.3, -0.25) is 0 Å². The Morgan fingerprint density at radius 1 is 1.44 bits per heavy atom. The summed E-state index contributed by atoms with van der Waals surface area (Å²) in [6, 6.07) is 3.03. The number of phenolic OH excluding ortho intramolecular Hbond substituents is 1. The van der Waals surface area contributed by atoms with E-state index in [-0.39, 0.29) is 5.75 Å². The lowest BCUT2D eigenvalue weighted by Crippen LogP contribution is -2.34. The van der Waals surface area contributed by atoms with Gasteiger partial charge in [0.25, 0.3) is 0 Å². The molecule has 0 unspecified atom stereocenters. The number of ether oxygens (including phenoxy) is 1. The zero-order valence-electron chi connectivity index (χ0n) is 11.0. The van der Waals surface area contributed by atoms with Crippen LogP contribution in [-0.2, 0) is 4.74 Å². The van der Waals surface area contributed by atoms with Crippen LogP contribution in [0.5, 0.6) is 5.75 Å². The summed E-state index contributed by atoms with van der Waals surface area (Å²) in [7, 11) is 0. The van der Waals surface area contributed by atoms with Gasteiger partial charge >= 0.3 is 6.09 Å². The first-order chi connectivity index (χ1) is 8.19. The smallest absolute Gasteiger partial charge is 0.408 e. The zero-order valence-corrected chi connectivity index (χ0v) is 11.0. The van der Waals surface area contributed by atoms with Crippen LogP contribution in [0.15, 0.2) is 18.2 Å². The van der Waals surface area contributed by atoms with Gasteiger partial charge in [0, 0.05) is 5.56 Å². The van der Waals surface area contributed by atoms with Crippen LogP contribution in [-0.4, -0.2) is 16.8 Å². The second-order valence-electron chi connectivity index (χ2n) is 5.07. The van der Waals surface area contributed by atoms with Crippen molar-refractivity contribution in [2.75, 3.05) is 0 Å². The van der Waals surface area contributed by atoms with Gasteiger partial charge in [0.2, 0.25) is 0 Å². The Morgan fingerprint density at radius 3 is 2.61 bits per heavy atom. The number of hydrogen-bond acceptors (Lipinski definition) is 3. The summed E-state index contributed by atoms with van der Waals surface area (Å²) in [4.78, 5) is 11.5. The van der Waals surface area contributed by atoms with E-state index in [9.17, 15) is 14.3 Å². The van der Waals surface area contributed by atoms with Crippen LogP contribution >= 0.6 is 0 Å². The molecule has 1 aromatic rings. The standard InChI is InChI=1S/C13H18FNO3/c1-8(15-12(17)18-13(2,3)4)10-7-9(14)5-6-11(10)16/h5-8,16H,1-4H3,(H,15,17)/t8-/m1/s1. The molecular formula is C13H18FNO3. The molecular weight excluding hydrogens is 237 g/mol. The Labute approximate surface area is 106 Å². The molecule has 0 aliphatic carbocycles. The van der Waals surface area contributed by atoms with E-state index in [2.05, 4.69) is 5.32 Å². The van der Waals surface area contributed by atoms with Crippen LogP contribution in [0.1, 0.15) is 39.3 Å². The highest BCUT2D eigenvalue weighted by Gasteiger charge is 2.19. The van der Waals surface area contributed by atoms with Crippen molar-refractivity contribution < 1.29 is 19.0 Å². The summed E-state index contributed by atoms with van der Waals surface area (Å²) < 4.78 is 18.1. The van der Waals surface area contributed by atoms with Crippen molar-refractivity contribution in [2.24, 2.45) is 0 Å². The predicted octanol–water partition coefficient (Wildman–Crippen LogP) is 3.12. The molecule has 0 radical (unpaired) electrons. The average molecular weight is 255 g/mol. The summed E-state index contributed by atoms with van der Waals surface area (Å²) in [6.45, 7) is 6.88. The number of aromatic hydroxyl groups is 1. The van der Waals surface area contributed by atoms with Crippen LogP contribution in [0, 0.1) is 5.82 Å². The van der Waals surface area contributed by atoms with Crippen molar-refractivity contribution >= 4 is 6.09 Å². The first kappa shape index (κ1) is 14.3. The van der Waals surface area contributed by atoms with E-state index in [1.54, 1.807) is 27.7 Å². The van der Waals surface area contributed by atoms with Crippen molar-refractivity contribution in [1.29, 1.82) is 0 Å². The summed E-state index contributed by atoms with van der Waals surface area (Å²) in [5.74, 6) is -0.541. The van der Waals surface area contributed by atoms with Gasteiger partial charge in [-0.1, -0.05) is 0 Å². The molecule has 0 aromatic heterocycles. The second-order valence-corrected chi connectivity index (χ2v) is 5.07. The average Bonchev–Trinajstić information content (AvgIpc) is 2.18. The van der Waals surface area contributed by atoms with Crippen molar-refractivity contribution in [3.05, 3.63) is 29.6 Å². The molecule has 100 valence electrons. The number of benzene rings is 1. The van der Waals surface area contributed by atoms with Gasteiger partial charge < -0.3 is 15.2 Å². The van der Waals surface area contributed by atoms with Gasteiger partial charge in [0.1, 0.15) is 17.2 Å². The molecule has 4 nitrogen and oxygen atoms in total. The summed E-state index contributed by atoms with van der Waals surface area (Å²) >= 11 is 0. The lowest BCUT2D eigenvalue weighted by molar-refractivity contribution is 0.0507. The van der Waals surface area contributed by atoms with E-state index in [0.29, 0.717) is 5.56 Å². The fraction of sp³-hybridized carbons (Fsp3) is 0.462. The minimum absolute atomic E-state index is 0.0695. The van der Waals surface area contributed by atoms with E-state index in [4.69, 9.17) is 4.74 Å². The topological polar surface area (TPSA) is 58.6 Å². The van der Waals surface area contributed by atoms with E-state index >= 15 is 0 Å². The molecule has 0 aliphatic heterocycles. The molecule has 0 saturated heterocycles. The van der Waals surface area contributed by atoms with E-state index < -0.39 is 23.6 Å². The summed E-state index contributed by atoms with van der Waals surface area (Å²) in [5, 5.41) is 12.1. The number of amides is 1. The number of carbonyl (C=O) groups is 1. The quantitative estimate of drug-likeness (QED) is 0.853. The van der Waals surface area contributed by atoms with Crippen LogP contribution in [0.4, 0.5) is 9.18 Å². The van der Waals surface area contributed by atoms with E-state index in [1.807, 2.05) is 0 Å². The fourth-order valence-electron chi connectivity index (χ4n) is 1.43. The van der Waals surface area contributed by atoms with Crippen molar-refractivity contribution in [3.8, 4) is 5.75 Å². The minimum Gasteiger partial charge on any atom is -0.508 e. The number of hydrogen-bond donors (Lipinski definition) is 2. The van der Waals surface area contributed by atoms with Crippen molar-refractivity contribution in [1.82, 2.24) is 5.32 Å². The lowest BCUT2D eigenvalue weighted by Gasteiger charge is -2.22. The molecule has 1 amide bonds. The molecule has 0 heterocycles. The molecule has 18 heavy (non-hydrogen) atoms. The molecule has 1 aromatic carbocycles. The van der Waals surface area contributed by atoms with Crippen LogP contribution < -0.4 is 5.32 Å². The van der Waals surface area contributed by atoms with Gasteiger partial charge in [-0.15, -0.1) is 0 Å². The number of rotatable bonds is 2. The van der Waals surface area contributed by atoms with Crippen molar-refractivity contribution in [3.63, 3.8) is 0 Å². The number of nitrogens with one attached hydrogen (secondary N) is 1. The Hall–Kier alpha value is -1.78. The first-order valence-corrected chi connectivity index (χ1v) is 5.67. The van der Waals surface area contributed by atoms with Gasteiger partial charge in [-0.2, -0.15) is 0 Å². The van der Waals surface area contributed by atoms with Crippen LogP contribution in [0.3, 0.4) is 0 Å². The third-order valence-electron chi connectivity index (χ3n) is 2.19. The van der Waals surface area contributed by atoms with Gasteiger partial charge in [0.15, 0.2) is 0 Å². The Bertz CT molecular complexity index is 440. The van der Waals surface area contributed by atoms with Gasteiger partial charge in [-0.25, -0.2) is 9.18 Å². The van der Waals surface area contributed by atoms with Gasteiger partial charge in [0.05, 0.1) is 6.04 Å². The minimum atomic E-state index is -0.612. The molecule has 1 rings (SSSR count). The Morgan fingerprint density at radius 2 is 2.06 bits per heavy atom. The molecule has 5 heteroatoms. The SMILES string of the molecule is C[C@@H](NC(=O)OC(C)(C)C)c1cc(F)ccc1O. The largest absolute Gasteiger partial charge is 0.508 e. The molecule has 1 atom stereocenters. The maximum atomic E-state index is 13.1. The number of phenols is 1. The normalized spacial score (nSPS) is 12.9. The van der Waals surface area contributed by atoms with E-state index in [0.717, 1.165) is 6.07 Å². The maximum Gasteiger partial charge on any atom is 0.408 e. The summed E-state index contributed by atoms with van der Waals surface area (Å²) in [6.07, 6.45) is -0.612. The number of alkyl carbamates (subject to hydrolysis) is 1. The molecule has 2 N–H and O–H groups in total. The zero-order chi connectivity index (χ0) is 13.9. The van der Waals surface area contributed by atoms with Gasteiger partial charge in [-0.05, 0) is 45.9 Å². The molecule has 0 bridgehead atoms. The fourth-order valence-corrected chi connectivity index (χ4v) is 1.43. The monoisotopic (exact) mass is 255 g/mol. The molecule has 0 fully saturated rings. The first-order valence-electron chi connectivity index (χ1n) is 5.67. The Kier molecular flexibility index (Phi) is 4.16. The third-order valence-corrected chi connectivity index (χ3v) is 2.19. The lowest BCUT2D eigenvalue weighted by atomic mass is 10.1. The van der Waals surface area contributed by atoms with Crippen LogP contribution in [0.25, 0.3) is 0 Å². The molecule has 0 spiro atoms. The highest BCUT2D eigenvalue weighted by molar-refractivity contribution is 5.68. The highest BCUT2D eigenvalue weighted by atomic mass is 19.1. The van der Waals surface area contributed by atoms with Crippen molar-refractivity contribution in [2.45, 2.75) is 39.3 Å². The number of halogens is 1. The van der Waals surface area contributed by atoms with Crippen LogP contribution in [0.2, 0.25) is 0 Å². The highest BCUT2D eigenvalue weighted by Crippen LogP contribution is 2.24. The predicted molar refractivity (Wildman–Crippen MR) is 65.8 cm³/mol. The Balaban J connectivity index is 2.73. The molecule has 0 aliphatic rings. The maximum absolute atomic E-state index is 13.1. The summed E-state index contributed by atoms with van der Waals surface area (Å²) in [5.41, 5.74) is -0.297. The molecule has 0 saturated carbocycles. The number of carbonyl (C=O) groups excluding carboxylic acids is 1.